The molecule has 2 aliphatic rings. The third-order valence-electron chi connectivity index (χ3n) is 5.32. The molecule has 2 fully saturated rings. The van der Waals surface area contributed by atoms with Gasteiger partial charge in [0.05, 0.1) is 0 Å². The zero-order valence-corrected chi connectivity index (χ0v) is 14.1. The Labute approximate surface area is 129 Å². The summed E-state index contributed by atoms with van der Waals surface area (Å²) in [7, 11) is 0. The third-order valence-corrected chi connectivity index (χ3v) is 5.32. The molecule has 1 aliphatic carbocycles. The van der Waals surface area contributed by atoms with Crippen molar-refractivity contribution in [1.82, 2.24) is 10.2 Å². The van der Waals surface area contributed by atoms with Gasteiger partial charge in [0.25, 0.3) is 0 Å². The van der Waals surface area contributed by atoms with Gasteiger partial charge in [-0.25, -0.2) is 0 Å². The van der Waals surface area contributed by atoms with Gasteiger partial charge in [-0.2, -0.15) is 0 Å². The third kappa shape index (κ3) is 3.78. The van der Waals surface area contributed by atoms with Crippen LogP contribution < -0.4 is 5.32 Å². The van der Waals surface area contributed by atoms with Gasteiger partial charge in [-0.1, -0.05) is 27.7 Å². The summed E-state index contributed by atoms with van der Waals surface area (Å²) in [6.45, 7) is 12.5. The monoisotopic (exact) mass is 296 g/mol. The molecule has 0 aromatic rings. The first-order valence-corrected chi connectivity index (χ1v) is 8.50. The normalized spacial score (nSPS) is 26.8. The van der Waals surface area contributed by atoms with E-state index in [0.717, 1.165) is 38.9 Å². The number of rotatable bonds is 7. The van der Waals surface area contributed by atoms with E-state index in [4.69, 9.17) is 0 Å². The standard InChI is InChI=1S/C17H32N2O2/c1-5-9-18-17(15(20)21,13-6-7-13)12-19-10-8-14(11-19)16(2,3)4/h13-14,18H,5-12H2,1-4H3,(H,20,21). The van der Waals surface area contributed by atoms with Crippen molar-refractivity contribution in [2.24, 2.45) is 17.3 Å². The number of carbonyl (C=O) groups is 1. The fourth-order valence-electron chi connectivity index (χ4n) is 3.61. The van der Waals surface area contributed by atoms with Crippen molar-refractivity contribution in [3.05, 3.63) is 0 Å². The highest BCUT2D eigenvalue weighted by Gasteiger charge is 2.52. The minimum Gasteiger partial charge on any atom is -0.480 e. The molecule has 21 heavy (non-hydrogen) atoms. The quantitative estimate of drug-likeness (QED) is 0.758. The fourth-order valence-corrected chi connectivity index (χ4v) is 3.61. The lowest BCUT2D eigenvalue weighted by atomic mass is 9.80. The van der Waals surface area contributed by atoms with Crippen LogP contribution in [0.25, 0.3) is 0 Å². The Bertz CT molecular complexity index is 373. The first-order chi connectivity index (χ1) is 9.79. The molecular formula is C17H32N2O2. The Morgan fingerprint density at radius 3 is 2.33 bits per heavy atom. The molecule has 0 amide bonds. The molecule has 4 heteroatoms. The number of carboxylic acid groups (broad SMARTS) is 1. The number of nitrogens with one attached hydrogen (secondary N) is 1. The molecule has 2 N–H and O–H groups in total. The average molecular weight is 296 g/mol. The lowest BCUT2D eigenvalue weighted by Gasteiger charge is -2.35. The molecule has 0 bridgehead atoms. The van der Waals surface area contributed by atoms with E-state index in [1.165, 1.54) is 6.42 Å². The van der Waals surface area contributed by atoms with Crippen molar-refractivity contribution >= 4 is 5.97 Å². The van der Waals surface area contributed by atoms with E-state index in [-0.39, 0.29) is 0 Å². The van der Waals surface area contributed by atoms with E-state index in [1.54, 1.807) is 0 Å². The summed E-state index contributed by atoms with van der Waals surface area (Å²) in [6.07, 6.45) is 4.28. The zero-order chi connectivity index (χ0) is 15.7. The van der Waals surface area contributed by atoms with E-state index >= 15 is 0 Å². The number of hydrogen-bond acceptors (Lipinski definition) is 3. The van der Waals surface area contributed by atoms with Gasteiger partial charge < -0.3 is 15.3 Å². The lowest BCUT2D eigenvalue weighted by molar-refractivity contribution is -0.147. The van der Waals surface area contributed by atoms with Crippen LogP contribution in [0.15, 0.2) is 0 Å². The molecule has 2 atom stereocenters. The Balaban J connectivity index is 2.04. The number of aliphatic carboxylic acids is 1. The maximum atomic E-state index is 12.0. The predicted octanol–water partition coefficient (Wildman–Crippen LogP) is 2.59. The van der Waals surface area contributed by atoms with Crippen LogP contribution in [0.5, 0.6) is 0 Å². The molecule has 0 aromatic heterocycles. The van der Waals surface area contributed by atoms with E-state index in [1.807, 2.05) is 0 Å². The van der Waals surface area contributed by atoms with Crippen LogP contribution in [0.4, 0.5) is 0 Å². The van der Waals surface area contributed by atoms with Gasteiger partial charge >= 0.3 is 5.97 Å². The molecule has 1 aliphatic heterocycles. The summed E-state index contributed by atoms with van der Waals surface area (Å²) in [5.74, 6) is 0.335. The number of hydrogen-bond donors (Lipinski definition) is 2. The van der Waals surface area contributed by atoms with E-state index in [0.29, 0.717) is 23.8 Å². The van der Waals surface area contributed by atoms with Crippen molar-refractivity contribution in [2.45, 2.75) is 58.9 Å². The van der Waals surface area contributed by atoms with Gasteiger partial charge in [-0.05, 0) is 56.0 Å². The summed E-state index contributed by atoms with van der Waals surface area (Å²) < 4.78 is 0. The highest BCUT2D eigenvalue weighted by molar-refractivity contribution is 5.80. The molecule has 1 saturated carbocycles. The SMILES string of the molecule is CCCNC(CN1CCC(C(C)(C)C)C1)(C(=O)O)C1CC1. The summed E-state index contributed by atoms with van der Waals surface area (Å²) >= 11 is 0. The van der Waals surface area contributed by atoms with Gasteiger partial charge in [0.2, 0.25) is 0 Å². The minimum atomic E-state index is -0.719. The lowest BCUT2D eigenvalue weighted by Crippen LogP contribution is -2.60. The van der Waals surface area contributed by atoms with Gasteiger partial charge in [-0.15, -0.1) is 0 Å². The predicted molar refractivity (Wildman–Crippen MR) is 85.4 cm³/mol. The van der Waals surface area contributed by atoms with Crippen molar-refractivity contribution in [3.63, 3.8) is 0 Å². The maximum Gasteiger partial charge on any atom is 0.325 e. The molecule has 2 unspecified atom stereocenters. The molecule has 122 valence electrons. The molecule has 2 rings (SSSR count). The van der Waals surface area contributed by atoms with Crippen LogP contribution in [0.3, 0.4) is 0 Å². The summed E-state index contributed by atoms with van der Waals surface area (Å²) in [4.78, 5) is 14.4. The van der Waals surface area contributed by atoms with Gasteiger partial charge in [0, 0.05) is 13.1 Å². The Morgan fingerprint density at radius 2 is 1.90 bits per heavy atom. The van der Waals surface area contributed by atoms with Crippen LogP contribution in [0.1, 0.15) is 53.4 Å². The summed E-state index contributed by atoms with van der Waals surface area (Å²) in [6, 6.07) is 0. The number of carboxylic acids is 1. The molecule has 1 heterocycles. The highest BCUT2D eigenvalue weighted by atomic mass is 16.4. The van der Waals surface area contributed by atoms with Crippen LogP contribution in [0, 0.1) is 17.3 Å². The zero-order valence-electron chi connectivity index (χ0n) is 14.1. The van der Waals surface area contributed by atoms with Crippen molar-refractivity contribution in [1.29, 1.82) is 0 Å². The van der Waals surface area contributed by atoms with Crippen molar-refractivity contribution < 1.29 is 9.90 Å². The molecule has 4 nitrogen and oxygen atoms in total. The molecular weight excluding hydrogens is 264 g/mol. The molecule has 0 spiro atoms. The second kappa shape index (κ2) is 6.25. The van der Waals surface area contributed by atoms with Gasteiger partial charge in [0.1, 0.15) is 5.54 Å². The van der Waals surface area contributed by atoms with E-state index in [9.17, 15) is 9.90 Å². The first-order valence-electron chi connectivity index (χ1n) is 8.50. The van der Waals surface area contributed by atoms with Crippen LogP contribution in [-0.2, 0) is 4.79 Å². The first kappa shape index (κ1) is 16.8. The summed E-state index contributed by atoms with van der Waals surface area (Å²) in [5.41, 5.74) is -0.403. The van der Waals surface area contributed by atoms with Crippen LogP contribution >= 0.6 is 0 Å². The largest absolute Gasteiger partial charge is 0.480 e. The Kier molecular flexibility index (Phi) is 4.99. The minimum absolute atomic E-state index is 0.315. The topological polar surface area (TPSA) is 52.6 Å². The van der Waals surface area contributed by atoms with Crippen LogP contribution in [-0.4, -0.2) is 47.7 Å². The average Bonchev–Trinajstić information content (AvgIpc) is 3.13. The van der Waals surface area contributed by atoms with Gasteiger partial charge in [0.15, 0.2) is 0 Å². The Hall–Kier alpha value is -0.610. The second-order valence-electron chi connectivity index (χ2n) is 8.06. The second-order valence-corrected chi connectivity index (χ2v) is 8.06. The smallest absolute Gasteiger partial charge is 0.325 e. The van der Waals surface area contributed by atoms with Crippen molar-refractivity contribution in [3.8, 4) is 0 Å². The molecule has 0 radical (unpaired) electrons. The number of likely N-dealkylation sites (tertiary alicyclic amines) is 1. The fraction of sp³-hybridized carbons (Fsp3) is 0.941. The van der Waals surface area contributed by atoms with E-state index < -0.39 is 11.5 Å². The maximum absolute atomic E-state index is 12.0. The number of nitrogens with zero attached hydrogens (tertiary/aromatic N) is 1. The van der Waals surface area contributed by atoms with Crippen molar-refractivity contribution in [2.75, 3.05) is 26.2 Å². The Morgan fingerprint density at radius 1 is 1.24 bits per heavy atom. The highest BCUT2D eigenvalue weighted by Crippen LogP contribution is 2.42. The molecule has 0 aromatic carbocycles. The summed E-state index contributed by atoms with van der Waals surface area (Å²) in [5, 5.41) is 13.2. The van der Waals surface area contributed by atoms with Crippen LogP contribution in [0.2, 0.25) is 0 Å². The van der Waals surface area contributed by atoms with Gasteiger partial charge in [-0.3, -0.25) is 4.79 Å². The molecule has 1 saturated heterocycles. The van der Waals surface area contributed by atoms with E-state index in [2.05, 4.69) is 37.9 Å².